The van der Waals surface area contributed by atoms with E-state index in [9.17, 15) is 0 Å². The van der Waals surface area contributed by atoms with E-state index < -0.39 is 0 Å². The zero-order chi connectivity index (χ0) is 5.98. The quantitative estimate of drug-likeness (QED) is 0.463. The molecule has 3 heteroatoms. The Labute approximate surface area is 47.2 Å². The molecule has 1 aromatic rings. The van der Waals surface area contributed by atoms with E-state index in [-0.39, 0.29) is 5.75 Å². The number of aryl methyl sites for hydroxylation is 1. The fourth-order valence-electron chi connectivity index (χ4n) is 0.490. The maximum absolute atomic E-state index is 8.73. The van der Waals surface area contributed by atoms with Gasteiger partial charge in [-0.05, 0) is 0 Å². The fraction of sp³-hybridized carbons (Fsp3) is 0.200. The lowest BCUT2D eigenvalue weighted by atomic mass is 10.6. The maximum atomic E-state index is 8.73. The molecular formula is C5H7N2O+. The van der Waals surface area contributed by atoms with Crippen LogP contribution >= 0.6 is 0 Å². The Morgan fingerprint density at radius 2 is 2.50 bits per heavy atom. The summed E-state index contributed by atoms with van der Waals surface area (Å²) < 4.78 is 1.68. The SMILES string of the molecule is C[n+]1cncc(O)c1. The molecule has 0 spiro atoms. The van der Waals surface area contributed by atoms with Crippen molar-refractivity contribution in [2.75, 3.05) is 0 Å². The van der Waals surface area contributed by atoms with E-state index in [0.29, 0.717) is 0 Å². The minimum atomic E-state index is 0.190. The van der Waals surface area contributed by atoms with E-state index >= 15 is 0 Å². The minimum absolute atomic E-state index is 0.190. The number of nitrogens with zero attached hydrogens (tertiary/aromatic N) is 2. The van der Waals surface area contributed by atoms with Gasteiger partial charge in [0.1, 0.15) is 6.20 Å². The second-order valence-electron chi connectivity index (χ2n) is 1.61. The first-order valence-electron chi connectivity index (χ1n) is 2.28. The lowest BCUT2D eigenvalue weighted by molar-refractivity contribution is -0.674. The summed E-state index contributed by atoms with van der Waals surface area (Å²) in [4.78, 5) is 3.70. The molecule has 1 aromatic heterocycles. The van der Waals surface area contributed by atoms with Crippen LogP contribution < -0.4 is 4.57 Å². The Bertz CT molecular complexity index is 170. The van der Waals surface area contributed by atoms with E-state index in [4.69, 9.17) is 5.11 Å². The van der Waals surface area contributed by atoms with E-state index in [1.807, 2.05) is 0 Å². The Morgan fingerprint density at radius 3 is 2.88 bits per heavy atom. The van der Waals surface area contributed by atoms with Gasteiger partial charge in [0.2, 0.25) is 0 Å². The number of aromatic nitrogens is 2. The Kier molecular flexibility index (Phi) is 1.12. The van der Waals surface area contributed by atoms with Crippen LogP contribution in [0.2, 0.25) is 0 Å². The third-order valence-corrected chi connectivity index (χ3v) is 0.792. The lowest BCUT2D eigenvalue weighted by Crippen LogP contribution is -2.26. The van der Waals surface area contributed by atoms with Gasteiger partial charge in [-0.25, -0.2) is 4.57 Å². The normalized spacial score (nSPS) is 9.12. The predicted molar refractivity (Wildman–Crippen MR) is 27.1 cm³/mol. The molecule has 0 radical (unpaired) electrons. The van der Waals surface area contributed by atoms with E-state index in [0.717, 1.165) is 0 Å². The van der Waals surface area contributed by atoms with Gasteiger partial charge in [0, 0.05) is 0 Å². The van der Waals surface area contributed by atoms with Crippen molar-refractivity contribution in [1.82, 2.24) is 4.98 Å². The highest BCUT2D eigenvalue weighted by molar-refractivity contribution is 5.03. The van der Waals surface area contributed by atoms with Crippen LogP contribution in [-0.2, 0) is 7.05 Å². The zero-order valence-corrected chi connectivity index (χ0v) is 4.57. The molecule has 0 atom stereocenters. The molecule has 0 aliphatic heterocycles. The first kappa shape index (κ1) is 5.03. The summed E-state index contributed by atoms with van der Waals surface area (Å²) >= 11 is 0. The van der Waals surface area contributed by atoms with Crippen molar-refractivity contribution in [1.29, 1.82) is 0 Å². The maximum Gasteiger partial charge on any atom is 0.286 e. The van der Waals surface area contributed by atoms with Crippen molar-refractivity contribution >= 4 is 0 Å². The van der Waals surface area contributed by atoms with Crippen molar-refractivity contribution in [3.8, 4) is 5.75 Å². The zero-order valence-electron chi connectivity index (χ0n) is 4.57. The topological polar surface area (TPSA) is 37.0 Å². The van der Waals surface area contributed by atoms with Crippen LogP contribution in [0.15, 0.2) is 18.7 Å². The molecule has 0 aromatic carbocycles. The van der Waals surface area contributed by atoms with Crippen LogP contribution in [0.5, 0.6) is 5.75 Å². The van der Waals surface area contributed by atoms with E-state index in [1.165, 1.54) is 6.20 Å². The van der Waals surface area contributed by atoms with Gasteiger partial charge in [-0.2, -0.15) is 0 Å². The summed E-state index contributed by atoms with van der Waals surface area (Å²) in [5.41, 5.74) is 0. The van der Waals surface area contributed by atoms with Crippen LogP contribution in [0.4, 0.5) is 0 Å². The molecule has 0 aliphatic carbocycles. The van der Waals surface area contributed by atoms with Crippen LogP contribution in [0.3, 0.4) is 0 Å². The standard InChI is InChI=1S/C5H6N2O/c1-7-3-5(8)2-6-4-7/h2-4H,1H3/p+1. The summed E-state index contributed by atoms with van der Waals surface area (Å²) in [5.74, 6) is 0.190. The smallest absolute Gasteiger partial charge is 0.286 e. The molecular weight excluding hydrogens is 104 g/mol. The molecule has 0 saturated carbocycles. The van der Waals surface area contributed by atoms with Crippen molar-refractivity contribution in [3.05, 3.63) is 18.7 Å². The highest BCUT2D eigenvalue weighted by atomic mass is 16.3. The van der Waals surface area contributed by atoms with Gasteiger partial charge in [0.15, 0.2) is 11.9 Å². The predicted octanol–water partition coefficient (Wildman–Crippen LogP) is -0.388. The minimum Gasteiger partial charge on any atom is -0.502 e. The van der Waals surface area contributed by atoms with Gasteiger partial charge in [-0.15, -0.1) is 0 Å². The molecule has 8 heavy (non-hydrogen) atoms. The molecule has 42 valence electrons. The molecule has 0 unspecified atom stereocenters. The molecule has 1 N–H and O–H groups in total. The molecule has 1 rings (SSSR count). The molecule has 0 fully saturated rings. The van der Waals surface area contributed by atoms with Crippen molar-refractivity contribution in [2.45, 2.75) is 0 Å². The second-order valence-corrected chi connectivity index (χ2v) is 1.61. The van der Waals surface area contributed by atoms with Crippen molar-refractivity contribution < 1.29 is 9.67 Å². The van der Waals surface area contributed by atoms with Crippen LogP contribution in [0, 0.1) is 0 Å². The van der Waals surface area contributed by atoms with Gasteiger partial charge in [-0.3, -0.25) is 0 Å². The summed E-state index contributed by atoms with van der Waals surface area (Å²) in [6, 6.07) is 0. The monoisotopic (exact) mass is 111 g/mol. The van der Waals surface area contributed by atoms with Gasteiger partial charge < -0.3 is 5.11 Å². The third-order valence-electron chi connectivity index (χ3n) is 0.792. The number of hydrogen-bond acceptors (Lipinski definition) is 2. The molecule has 0 saturated heterocycles. The number of hydrogen-bond donors (Lipinski definition) is 1. The summed E-state index contributed by atoms with van der Waals surface area (Å²) in [6.07, 6.45) is 4.58. The van der Waals surface area contributed by atoms with Gasteiger partial charge in [0.05, 0.1) is 7.05 Å². The second kappa shape index (κ2) is 1.78. The molecule has 1 heterocycles. The third kappa shape index (κ3) is 0.932. The first-order valence-corrected chi connectivity index (χ1v) is 2.28. The summed E-state index contributed by atoms with van der Waals surface area (Å²) in [5, 5.41) is 8.73. The summed E-state index contributed by atoms with van der Waals surface area (Å²) in [6.45, 7) is 0. The number of rotatable bonds is 0. The van der Waals surface area contributed by atoms with Crippen LogP contribution in [-0.4, -0.2) is 10.1 Å². The largest absolute Gasteiger partial charge is 0.502 e. The number of aromatic hydroxyl groups is 1. The molecule has 0 bridgehead atoms. The molecule has 0 aliphatic rings. The first-order chi connectivity index (χ1) is 3.79. The van der Waals surface area contributed by atoms with Crippen molar-refractivity contribution in [3.63, 3.8) is 0 Å². The lowest BCUT2D eigenvalue weighted by Gasteiger charge is -1.84. The highest BCUT2D eigenvalue weighted by Gasteiger charge is 1.91. The summed E-state index contributed by atoms with van der Waals surface area (Å²) in [7, 11) is 1.80. The molecule has 3 nitrogen and oxygen atoms in total. The fourth-order valence-corrected chi connectivity index (χ4v) is 0.490. The molecule has 0 amide bonds. The van der Waals surface area contributed by atoms with Crippen LogP contribution in [0.25, 0.3) is 0 Å². The van der Waals surface area contributed by atoms with E-state index in [1.54, 1.807) is 24.1 Å². The average molecular weight is 111 g/mol. The average Bonchev–Trinajstić information content (AvgIpc) is 1.64. The van der Waals surface area contributed by atoms with Gasteiger partial charge in [-0.1, -0.05) is 4.98 Å². The van der Waals surface area contributed by atoms with Crippen LogP contribution in [0.1, 0.15) is 0 Å². The van der Waals surface area contributed by atoms with E-state index in [2.05, 4.69) is 4.98 Å². The van der Waals surface area contributed by atoms with Gasteiger partial charge in [0.25, 0.3) is 6.33 Å². The van der Waals surface area contributed by atoms with Crippen molar-refractivity contribution in [2.24, 2.45) is 7.05 Å². The van der Waals surface area contributed by atoms with Gasteiger partial charge >= 0.3 is 0 Å². The Morgan fingerprint density at radius 1 is 1.75 bits per heavy atom. The Balaban J connectivity index is 3.08. The highest BCUT2D eigenvalue weighted by Crippen LogP contribution is 1.95. The Hall–Kier alpha value is -1.12.